The van der Waals surface area contributed by atoms with Gasteiger partial charge in [0.2, 0.25) is 0 Å². The summed E-state index contributed by atoms with van der Waals surface area (Å²) in [4.78, 5) is 0. The molecule has 0 aromatic rings. The predicted molar refractivity (Wildman–Crippen MR) is 52.6 cm³/mol. The van der Waals surface area contributed by atoms with Crippen LogP contribution in [-0.2, 0) is 4.74 Å². The molecule has 1 fully saturated rings. The van der Waals surface area contributed by atoms with Gasteiger partial charge in [0.25, 0.3) is 0 Å². The number of halogens is 1. The first-order valence-electron chi connectivity index (χ1n) is 4.87. The lowest BCUT2D eigenvalue weighted by molar-refractivity contribution is 0.154. The zero-order valence-electron chi connectivity index (χ0n) is 8.05. The highest BCUT2D eigenvalue weighted by Crippen LogP contribution is 2.38. The lowest BCUT2D eigenvalue weighted by atomic mass is 10.0. The summed E-state index contributed by atoms with van der Waals surface area (Å²) < 4.78 is 5.07. The summed E-state index contributed by atoms with van der Waals surface area (Å²) in [5.74, 6) is 1.50. The van der Waals surface area contributed by atoms with Crippen molar-refractivity contribution in [2.75, 3.05) is 13.7 Å². The second-order valence-corrected chi connectivity index (χ2v) is 4.55. The fourth-order valence-electron chi connectivity index (χ4n) is 1.51. The van der Waals surface area contributed by atoms with Crippen molar-refractivity contribution in [1.82, 2.24) is 0 Å². The van der Waals surface area contributed by atoms with E-state index in [1.807, 2.05) is 0 Å². The Labute approximate surface area is 80.4 Å². The number of hydrogen-bond donors (Lipinski definition) is 0. The lowest BCUT2D eigenvalue weighted by Crippen LogP contribution is -2.08. The Morgan fingerprint density at radius 2 is 2.08 bits per heavy atom. The van der Waals surface area contributed by atoms with E-state index in [1.54, 1.807) is 7.11 Å². The van der Waals surface area contributed by atoms with E-state index in [2.05, 4.69) is 6.92 Å². The van der Waals surface area contributed by atoms with Crippen molar-refractivity contribution in [2.24, 2.45) is 11.8 Å². The van der Waals surface area contributed by atoms with Gasteiger partial charge < -0.3 is 4.74 Å². The van der Waals surface area contributed by atoms with Crippen LogP contribution < -0.4 is 0 Å². The van der Waals surface area contributed by atoms with Crippen LogP contribution in [-0.4, -0.2) is 19.1 Å². The third-order valence-electron chi connectivity index (χ3n) is 2.52. The van der Waals surface area contributed by atoms with Gasteiger partial charge in [-0.25, -0.2) is 0 Å². The van der Waals surface area contributed by atoms with Gasteiger partial charge in [0.05, 0.1) is 0 Å². The summed E-state index contributed by atoms with van der Waals surface area (Å²) in [6, 6.07) is 0. The number of alkyl halides is 1. The molecular weight excluding hydrogens is 172 g/mol. The van der Waals surface area contributed by atoms with E-state index in [-0.39, 0.29) is 0 Å². The van der Waals surface area contributed by atoms with Gasteiger partial charge in [0, 0.05) is 19.1 Å². The van der Waals surface area contributed by atoms with E-state index in [4.69, 9.17) is 16.3 Å². The Kier molecular flexibility index (Phi) is 4.38. The molecule has 0 N–H and O–H groups in total. The van der Waals surface area contributed by atoms with E-state index in [0.29, 0.717) is 11.3 Å². The smallest absolute Gasteiger partial charge is 0.0487 e. The van der Waals surface area contributed by atoms with Crippen molar-refractivity contribution in [3.8, 4) is 0 Å². The van der Waals surface area contributed by atoms with Crippen LogP contribution in [0.3, 0.4) is 0 Å². The van der Waals surface area contributed by atoms with E-state index in [0.717, 1.165) is 18.9 Å². The molecule has 1 rings (SSSR count). The number of rotatable bonds is 6. The number of methoxy groups -OCH3 is 1. The lowest BCUT2D eigenvalue weighted by Gasteiger charge is -2.12. The first-order chi connectivity index (χ1) is 5.74. The van der Waals surface area contributed by atoms with E-state index >= 15 is 0 Å². The molecular formula is C10H19ClO. The van der Waals surface area contributed by atoms with Crippen molar-refractivity contribution in [2.45, 2.75) is 38.0 Å². The molecule has 2 atom stereocenters. The minimum atomic E-state index is 0.435. The Morgan fingerprint density at radius 1 is 1.42 bits per heavy atom. The molecule has 1 saturated carbocycles. The molecule has 0 heterocycles. The molecule has 12 heavy (non-hydrogen) atoms. The minimum Gasteiger partial charge on any atom is -0.384 e. The topological polar surface area (TPSA) is 9.23 Å². The Hall–Kier alpha value is 0.250. The van der Waals surface area contributed by atoms with Crippen molar-refractivity contribution in [1.29, 1.82) is 0 Å². The summed E-state index contributed by atoms with van der Waals surface area (Å²) in [7, 11) is 1.76. The maximum atomic E-state index is 6.18. The predicted octanol–water partition coefficient (Wildman–Crippen LogP) is 3.07. The average molecular weight is 191 g/mol. The Morgan fingerprint density at radius 3 is 2.58 bits per heavy atom. The van der Waals surface area contributed by atoms with Crippen molar-refractivity contribution >= 4 is 11.6 Å². The molecule has 0 aromatic heterocycles. The van der Waals surface area contributed by atoms with Crippen LogP contribution in [0.2, 0.25) is 0 Å². The summed E-state index contributed by atoms with van der Waals surface area (Å²) >= 11 is 6.18. The highest BCUT2D eigenvalue weighted by Gasteiger charge is 2.29. The molecule has 0 amide bonds. The molecule has 0 saturated heterocycles. The molecule has 0 spiro atoms. The van der Waals surface area contributed by atoms with E-state index in [9.17, 15) is 0 Å². The largest absolute Gasteiger partial charge is 0.384 e. The second-order valence-electron chi connectivity index (χ2n) is 3.99. The zero-order valence-corrected chi connectivity index (χ0v) is 8.81. The number of hydrogen-bond acceptors (Lipinski definition) is 1. The van der Waals surface area contributed by atoms with Gasteiger partial charge in [-0.15, -0.1) is 11.6 Å². The third kappa shape index (κ3) is 3.77. The van der Waals surface area contributed by atoms with Gasteiger partial charge in [-0.05, 0) is 37.5 Å². The highest BCUT2D eigenvalue weighted by molar-refractivity contribution is 6.20. The van der Waals surface area contributed by atoms with Gasteiger partial charge in [-0.3, -0.25) is 0 Å². The number of ether oxygens (including phenoxy) is 1. The molecule has 72 valence electrons. The minimum absolute atomic E-state index is 0.435. The van der Waals surface area contributed by atoms with Crippen molar-refractivity contribution < 1.29 is 4.74 Å². The van der Waals surface area contributed by atoms with Gasteiger partial charge in [0.1, 0.15) is 0 Å². The van der Waals surface area contributed by atoms with Crippen LogP contribution in [0.5, 0.6) is 0 Å². The third-order valence-corrected chi connectivity index (χ3v) is 3.09. The molecule has 0 radical (unpaired) electrons. The monoisotopic (exact) mass is 190 g/mol. The first kappa shape index (κ1) is 10.3. The van der Waals surface area contributed by atoms with E-state index < -0.39 is 0 Å². The average Bonchev–Trinajstić information content (AvgIpc) is 2.83. The summed E-state index contributed by atoms with van der Waals surface area (Å²) in [6.45, 7) is 3.09. The summed E-state index contributed by atoms with van der Waals surface area (Å²) in [5.41, 5.74) is 0. The van der Waals surface area contributed by atoms with Gasteiger partial charge in [0.15, 0.2) is 0 Å². The molecule has 0 bridgehead atoms. The zero-order chi connectivity index (χ0) is 8.97. The standard InChI is InChI=1S/C10H19ClO/c1-8(7-12-2)3-6-10(11)9-4-5-9/h8-10H,3-7H2,1-2H3. The Balaban J connectivity index is 1.99. The van der Waals surface area contributed by atoms with Gasteiger partial charge in [-0.1, -0.05) is 6.92 Å². The van der Waals surface area contributed by atoms with Crippen LogP contribution in [0.25, 0.3) is 0 Å². The van der Waals surface area contributed by atoms with Crippen LogP contribution in [0.15, 0.2) is 0 Å². The van der Waals surface area contributed by atoms with Crippen LogP contribution >= 0.6 is 11.6 Å². The summed E-state index contributed by atoms with van der Waals surface area (Å²) in [6.07, 6.45) is 5.08. The van der Waals surface area contributed by atoms with Crippen LogP contribution in [0, 0.1) is 11.8 Å². The summed E-state index contributed by atoms with van der Waals surface area (Å²) in [5, 5.41) is 0.435. The fraction of sp³-hybridized carbons (Fsp3) is 1.00. The maximum absolute atomic E-state index is 6.18. The highest BCUT2D eigenvalue weighted by atomic mass is 35.5. The van der Waals surface area contributed by atoms with Crippen molar-refractivity contribution in [3.63, 3.8) is 0 Å². The van der Waals surface area contributed by atoms with E-state index in [1.165, 1.54) is 19.3 Å². The second kappa shape index (κ2) is 5.08. The molecule has 0 aliphatic heterocycles. The molecule has 0 aromatic carbocycles. The molecule has 1 aliphatic rings. The van der Waals surface area contributed by atoms with Crippen LogP contribution in [0.4, 0.5) is 0 Å². The fourth-order valence-corrected chi connectivity index (χ4v) is 1.88. The normalized spacial score (nSPS) is 22.2. The molecule has 2 heteroatoms. The molecule has 1 aliphatic carbocycles. The maximum Gasteiger partial charge on any atom is 0.0487 e. The molecule has 1 nitrogen and oxygen atoms in total. The Bertz CT molecular complexity index is 123. The van der Waals surface area contributed by atoms with Crippen LogP contribution in [0.1, 0.15) is 32.6 Å². The molecule has 2 unspecified atom stereocenters. The van der Waals surface area contributed by atoms with Gasteiger partial charge >= 0.3 is 0 Å². The SMILES string of the molecule is COCC(C)CCC(Cl)C1CC1. The van der Waals surface area contributed by atoms with Crippen molar-refractivity contribution in [3.05, 3.63) is 0 Å². The van der Waals surface area contributed by atoms with Gasteiger partial charge in [-0.2, -0.15) is 0 Å². The first-order valence-corrected chi connectivity index (χ1v) is 5.30. The quantitative estimate of drug-likeness (QED) is 0.585.